The van der Waals surface area contributed by atoms with Crippen LogP contribution in [0.25, 0.3) is 11.3 Å². The van der Waals surface area contributed by atoms with E-state index in [9.17, 15) is 0 Å². The molecular weight excluding hydrogens is 295 g/mol. The average Bonchev–Trinajstić information content (AvgIpc) is 2.76. The number of hydrogen-bond donors (Lipinski definition) is 2. The number of anilines is 1. The molecule has 0 radical (unpaired) electrons. The number of rotatable bonds is 2. The van der Waals surface area contributed by atoms with E-state index in [1.54, 1.807) is 6.20 Å². The first kappa shape index (κ1) is 18.3. The number of imidazole rings is 1. The van der Waals surface area contributed by atoms with Gasteiger partial charge in [0.05, 0.1) is 18.4 Å². The van der Waals surface area contributed by atoms with Gasteiger partial charge in [-0.3, -0.25) is 4.90 Å². The molecule has 2 aromatic rings. The highest BCUT2D eigenvalue weighted by atomic mass is 35.5. The molecule has 108 valence electrons. The molecule has 2 rings (SSSR count). The molecule has 0 atom stereocenters. The molecule has 20 heavy (non-hydrogen) atoms. The van der Waals surface area contributed by atoms with Crippen molar-refractivity contribution in [3.05, 3.63) is 36.0 Å². The molecule has 1 heterocycles. The van der Waals surface area contributed by atoms with Crippen molar-refractivity contribution in [2.45, 2.75) is 0 Å². The highest BCUT2D eigenvalue weighted by Crippen LogP contribution is 2.18. The summed E-state index contributed by atoms with van der Waals surface area (Å²) < 4.78 is 0. The normalized spacial score (nSPS) is 9.15. The number of nitrogens with one attached hydrogen (secondary N) is 1. The van der Waals surface area contributed by atoms with Gasteiger partial charge in [-0.15, -0.1) is 24.8 Å². The van der Waals surface area contributed by atoms with E-state index in [4.69, 9.17) is 5.73 Å². The van der Waals surface area contributed by atoms with Crippen LogP contribution < -0.4 is 5.73 Å². The quantitative estimate of drug-likeness (QED) is 0.837. The first-order valence-electron chi connectivity index (χ1n) is 5.69. The Hall–Kier alpha value is -1.67. The van der Waals surface area contributed by atoms with Gasteiger partial charge >= 0.3 is 0 Å². The third-order valence-electron chi connectivity index (χ3n) is 2.40. The maximum absolute atomic E-state index is 5.57. The molecule has 0 bridgehead atoms. The van der Waals surface area contributed by atoms with E-state index in [2.05, 4.69) is 21.8 Å². The predicted molar refractivity (Wildman–Crippen MR) is 88.4 cm³/mol. The second-order valence-electron chi connectivity index (χ2n) is 4.30. The molecule has 0 fully saturated rings. The highest BCUT2D eigenvalue weighted by Gasteiger charge is 2.01. The van der Waals surface area contributed by atoms with Crippen LogP contribution in [0.4, 0.5) is 5.95 Å². The van der Waals surface area contributed by atoms with Crippen LogP contribution in [0.1, 0.15) is 5.56 Å². The van der Waals surface area contributed by atoms with Crippen LogP contribution in [0.15, 0.2) is 30.5 Å². The summed E-state index contributed by atoms with van der Waals surface area (Å²) >= 11 is 0. The lowest BCUT2D eigenvalue weighted by atomic mass is 10.1. The number of H-pyrrole nitrogens is 1. The van der Waals surface area contributed by atoms with Gasteiger partial charge in [-0.05, 0) is 26.2 Å². The minimum absolute atomic E-state index is 0. The summed E-state index contributed by atoms with van der Waals surface area (Å²) in [7, 11) is 4.00. The average molecular weight is 313 g/mol. The molecule has 0 spiro atoms. The Kier molecular flexibility index (Phi) is 7.78. The third-order valence-corrected chi connectivity index (χ3v) is 2.40. The molecule has 0 aliphatic rings. The second-order valence-corrected chi connectivity index (χ2v) is 4.30. The van der Waals surface area contributed by atoms with Crippen molar-refractivity contribution >= 4 is 30.8 Å². The van der Waals surface area contributed by atoms with Gasteiger partial charge in [-0.25, -0.2) is 4.98 Å². The van der Waals surface area contributed by atoms with Crippen LogP contribution in [-0.4, -0.2) is 35.5 Å². The monoisotopic (exact) mass is 312 g/mol. The zero-order valence-electron chi connectivity index (χ0n) is 11.4. The summed E-state index contributed by atoms with van der Waals surface area (Å²) in [5.74, 6) is 6.67. The number of benzene rings is 1. The Bertz CT molecular complexity index is 596. The van der Waals surface area contributed by atoms with Gasteiger partial charge in [-0.1, -0.05) is 24.0 Å². The molecule has 0 amide bonds. The molecule has 0 unspecified atom stereocenters. The van der Waals surface area contributed by atoms with Crippen molar-refractivity contribution in [2.75, 3.05) is 26.4 Å². The highest BCUT2D eigenvalue weighted by molar-refractivity contribution is 5.85. The Morgan fingerprint density at radius 2 is 2.05 bits per heavy atom. The molecular formula is C14H18Cl2N4. The van der Waals surface area contributed by atoms with E-state index in [0.29, 0.717) is 5.95 Å². The predicted octanol–water partition coefficient (Wildman–Crippen LogP) is 2.42. The summed E-state index contributed by atoms with van der Waals surface area (Å²) in [5.41, 5.74) is 8.50. The van der Waals surface area contributed by atoms with Gasteiger partial charge in [0.2, 0.25) is 0 Å². The van der Waals surface area contributed by atoms with Crippen molar-refractivity contribution in [3.8, 4) is 23.1 Å². The van der Waals surface area contributed by atoms with E-state index in [1.165, 1.54) is 0 Å². The summed E-state index contributed by atoms with van der Waals surface area (Å²) in [6, 6.07) is 8.00. The third kappa shape index (κ3) is 5.14. The Balaban J connectivity index is 0.00000180. The number of aromatic nitrogens is 2. The van der Waals surface area contributed by atoms with E-state index in [0.717, 1.165) is 23.4 Å². The molecule has 0 aliphatic heterocycles. The largest absolute Gasteiger partial charge is 0.369 e. The van der Waals surface area contributed by atoms with Crippen molar-refractivity contribution in [3.63, 3.8) is 0 Å². The number of hydrogen-bond acceptors (Lipinski definition) is 3. The fourth-order valence-corrected chi connectivity index (χ4v) is 1.55. The van der Waals surface area contributed by atoms with Gasteiger partial charge in [-0.2, -0.15) is 0 Å². The molecule has 0 saturated heterocycles. The summed E-state index contributed by atoms with van der Waals surface area (Å²) in [4.78, 5) is 9.03. The second kappa shape index (κ2) is 8.49. The van der Waals surface area contributed by atoms with Crippen LogP contribution in [0, 0.1) is 11.8 Å². The molecule has 1 aromatic heterocycles. The van der Waals surface area contributed by atoms with Crippen LogP contribution >= 0.6 is 24.8 Å². The van der Waals surface area contributed by atoms with E-state index in [1.807, 2.05) is 43.3 Å². The molecule has 4 nitrogen and oxygen atoms in total. The molecule has 0 aliphatic carbocycles. The minimum Gasteiger partial charge on any atom is -0.369 e. The summed E-state index contributed by atoms with van der Waals surface area (Å²) in [6.07, 6.45) is 1.72. The van der Waals surface area contributed by atoms with Crippen molar-refractivity contribution in [1.29, 1.82) is 0 Å². The molecule has 0 saturated carbocycles. The number of halogens is 2. The fraction of sp³-hybridized carbons (Fsp3) is 0.214. The van der Waals surface area contributed by atoms with E-state index in [-0.39, 0.29) is 24.8 Å². The first-order valence-corrected chi connectivity index (χ1v) is 5.69. The minimum atomic E-state index is 0. The molecule has 3 N–H and O–H groups in total. The van der Waals surface area contributed by atoms with E-state index < -0.39 is 0 Å². The van der Waals surface area contributed by atoms with Crippen molar-refractivity contribution < 1.29 is 0 Å². The van der Waals surface area contributed by atoms with Gasteiger partial charge in [0, 0.05) is 11.1 Å². The van der Waals surface area contributed by atoms with Crippen LogP contribution in [0.2, 0.25) is 0 Å². The lowest BCUT2D eigenvalue weighted by Gasteiger charge is -2.01. The van der Waals surface area contributed by atoms with Crippen molar-refractivity contribution in [1.82, 2.24) is 14.9 Å². The van der Waals surface area contributed by atoms with Crippen LogP contribution in [0.3, 0.4) is 0 Å². The fourth-order valence-electron chi connectivity index (χ4n) is 1.55. The van der Waals surface area contributed by atoms with Gasteiger partial charge in [0.15, 0.2) is 5.95 Å². The number of nitrogen functional groups attached to an aromatic ring is 1. The molecule has 6 heteroatoms. The first-order chi connectivity index (χ1) is 8.65. The standard InChI is InChI=1S/C14H16N4.2ClH/c1-18(2)8-4-6-11-5-3-7-12(9-11)13-10-16-14(15)17-13;;/h3,5,7,9-10H,8H2,1-2H3,(H3,15,16,17);2*1H. The zero-order chi connectivity index (χ0) is 13.0. The van der Waals surface area contributed by atoms with Crippen molar-refractivity contribution in [2.24, 2.45) is 0 Å². The van der Waals surface area contributed by atoms with Gasteiger partial charge in [0.1, 0.15) is 0 Å². The lowest BCUT2D eigenvalue weighted by Crippen LogP contribution is -2.10. The maximum atomic E-state index is 5.57. The van der Waals surface area contributed by atoms with Gasteiger partial charge < -0.3 is 10.7 Å². The van der Waals surface area contributed by atoms with E-state index >= 15 is 0 Å². The summed E-state index contributed by atoms with van der Waals surface area (Å²) in [5, 5.41) is 0. The molecule has 1 aromatic carbocycles. The Labute approximate surface area is 131 Å². The SMILES string of the molecule is CN(C)CC#Cc1cccc(-c2cnc(N)[nH]2)c1.Cl.Cl. The lowest BCUT2D eigenvalue weighted by molar-refractivity contribution is 0.464. The Morgan fingerprint density at radius 1 is 1.30 bits per heavy atom. The Morgan fingerprint density at radius 3 is 2.65 bits per heavy atom. The smallest absolute Gasteiger partial charge is 0.197 e. The number of aromatic amines is 1. The topological polar surface area (TPSA) is 57.9 Å². The zero-order valence-corrected chi connectivity index (χ0v) is 13.0. The summed E-state index contributed by atoms with van der Waals surface area (Å²) in [6.45, 7) is 0.751. The van der Waals surface area contributed by atoms with Crippen LogP contribution in [-0.2, 0) is 0 Å². The number of nitrogens with zero attached hydrogens (tertiary/aromatic N) is 2. The maximum Gasteiger partial charge on any atom is 0.197 e. The van der Waals surface area contributed by atoms with Crippen LogP contribution in [0.5, 0.6) is 0 Å². The number of nitrogens with two attached hydrogens (primary N) is 1. The van der Waals surface area contributed by atoms with Gasteiger partial charge in [0.25, 0.3) is 0 Å².